The van der Waals surface area contributed by atoms with E-state index in [-0.39, 0.29) is 0 Å². The minimum Gasteiger partial charge on any atom is -0.492 e. The third kappa shape index (κ3) is 3.76. The normalized spacial score (nSPS) is 10.4. The molecule has 0 bridgehead atoms. The molecular formula is C17H20BrNO. The summed E-state index contributed by atoms with van der Waals surface area (Å²) in [6.07, 6.45) is 0. The standard InChI is InChI=1S/C17H20BrNO/c1-12-6-4-5-7-16(12)19-8-9-20-15-10-13(2)17(18)14(3)11-15/h4-7,10-11,19H,8-9H2,1-3H3. The van der Waals surface area contributed by atoms with Crippen molar-refractivity contribution >= 4 is 21.6 Å². The van der Waals surface area contributed by atoms with Crippen LogP contribution in [0.3, 0.4) is 0 Å². The van der Waals surface area contributed by atoms with Crippen molar-refractivity contribution in [2.75, 3.05) is 18.5 Å². The van der Waals surface area contributed by atoms with Crippen LogP contribution in [0.15, 0.2) is 40.9 Å². The molecule has 0 fully saturated rings. The number of aryl methyl sites for hydroxylation is 3. The van der Waals surface area contributed by atoms with E-state index in [2.05, 4.69) is 66.3 Å². The molecule has 2 nitrogen and oxygen atoms in total. The summed E-state index contributed by atoms with van der Waals surface area (Å²) in [4.78, 5) is 0. The lowest BCUT2D eigenvalue weighted by Gasteiger charge is -2.12. The second kappa shape index (κ2) is 6.80. The van der Waals surface area contributed by atoms with Crippen LogP contribution >= 0.6 is 15.9 Å². The highest BCUT2D eigenvalue weighted by Crippen LogP contribution is 2.26. The van der Waals surface area contributed by atoms with E-state index in [1.165, 1.54) is 22.4 Å². The van der Waals surface area contributed by atoms with E-state index < -0.39 is 0 Å². The molecule has 0 unspecified atom stereocenters. The molecule has 1 N–H and O–H groups in total. The molecular weight excluding hydrogens is 314 g/mol. The van der Waals surface area contributed by atoms with Crippen molar-refractivity contribution < 1.29 is 4.74 Å². The predicted octanol–water partition coefficient (Wildman–Crippen LogP) is 4.87. The molecule has 0 aliphatic heterocycles. The lowest BCUT2D eigenvalue weighted by atomic mass is 10.1. The van der Waals surface area contributed by atoms with E-state index in [1.54, 1.807) is 0 Å². The Morgan fingerprint density at radius 2 is 1.65 bits per heavy atom. The highest BCUT2D eigenvalue weighted by atomic mass is 79.9. The second-order valence-corrected chi connectivity index (χ2v) is 5.75. The number of halogens is 1. The van der Waals surface area contributed by atoms with E-state index in [0.717, 1.165) is 16.8 Å². The van der Waals surface area contributed by atoms with Gasteiger partial charge in [-0.25, -0.2) is 0 Å². The number of hydrogen-bond acceptors (Lipinski definition) is 2. The van der Waals surface area contributed by atoms with Gasteiger partial charge in [-0.1, -0.05) is 34.1 Å². The minimum absolute atomic E-state index is 0.648. The second-order valence-electron chi connectivity index (χ2n) is 4.96. The van der Waals surface area contributed by atoms with Crippen molar-refractivity contribution in [3.05, 3.63) is 57.6 Å². The summed E-state index contributed by atoms with van der Waals surface area (Å²) in [6.45, 7) is 7.70. The van der Waals surface area contributed by atoms with E-state index >= 15 is 0 Å². The van der Waals surface area contributed by atoms with Gasteiger partial charge in [-0.15, -0.1) is 0 Å². The zero-order chi connectivity index (χ0) is 14.5. The van der Waals surface area contributed by atoms with Crippen LogP contribution in [0.25, 0.3) is 0 Å². The molecule has 0 saturated heterocycles. The smallest absolute Gasteiger partial charge is 0.119 e. The van der Waals surface area contributed by atoms with Crippen LogP contribution in [-0.2, 0) is 0 Å². The first-order valence-corrected chi connectivity index (χ1v) is 7.56. The van der Waals surface area contributed by atoms with Crippen molar-refractivity contribution in [1.29, 1.82) is 0 Å². The molecule has 3 heteroatoms. The SMILES string of the molecule is Cc1ccccc1NCCOc1cc(C)c(Br)c(C)c1. The fraction of sp³-hybridized carbons (Fsp3) is 0.294. The van der Waals surface area contributed by atoms with Crippen LogP contribution in [0.2, 0.25) is 0 Å². The first-order valence-electron chi connectivity index (χ1n) is 6.77. The summed E-state index contributed by atoms with van der Waals surface area (Å²) in [5, 5.41) is 3.39. The molecule has 2 aromatic carbocycles. The highest BCUT2D eigenvalue weighted by molar-refractivity contribution is 9.10. The number of anilines is 1. The van der Waals surface area contributed by atoms with E-state index in [9.17, 15) is 0 Å². The average molecular weight is 334 g/mol. The highest BCUT2D eigenvalue weighted by Gasteiger charge is 2.03. The van der Waals surface area contributed by atoms with Crippen LogP contribution < -0.4 is 10.1 Å². The van der Waals surface area contributed by atoms with Gasteiger partial charge in [-0.2, -0.15) is 0 Å². The van der Waals surface area contributed by atoms with Crippen molar-refractivity contribution in [1.82, 2.24) is 0 Å². The van der Waals surface area contributed by atoms with E-state index in [0.29, 0.717) is 6.61 Å². The van der Waals surface area contributed by atoms with Gasteiger partial charge < -0.3 is 10.1 Å². The first kappa shape index (κ1) is 14.9. The summed E-state index contributed by atoms with van der Waals surface area (Å²) in [7, 11) is 0. The number of benzene rings is 2. The molecule has 0 atom stereocenters. The van der Waals surface area contributed by atoms with Crippen LogP contribution in [0, 0.1) is 20.8 Å². The molecule has 20 heavy (non-hydrogen) atoms. The maximum atomic E-state index is 5.80. The largest absolute Gasteiger partial charge is 0.492 e. The average Bonchev–Trinajstić information content (AvgIpc) is 2.42. The summed E-state index contributed by atoms with van der Waals surface area (Å²) in [5.74, 6) is 0.926. The van der Waals surface area contributed by atoms with Crippen LogP contribution in [0.1, 0.15) is 16.7 Å². The molecule has 0 spiro atoms. The Balaban J connectivity index is 1.86. The van der Waals surface area contributed by atoms with Gasteiger partial charge in [0, 0.05) is 16.7 Å². The molecule has 0 aliphatic carbocycles. The lowest BCUT2D eigenvalue weighted by molar-refractivity contribution is 0.332. The quantitative estimate of drug-likeness (QED) is 0.788. The molecule has 2 rings (SSSR count). The summed E-state index contributed by atoms with van der Waals surface area (Å²) in [6, 6.07) is 12.4. The zero-order valence-electron chi connectivity index (χ0n) is 12.2. The van der Waals surface area contributed by atoms with Gasteiger partial charge in [0.1, 0.15) is 12.4 Å². The molecule has 0 amide bonds. The Labute approximate surface area is 129 Å². The Kier molecular flexibility index (Phi) is 5.07. The maximum Gasteiger partial charge on any atom is 0.119 e. The monoisotopic (exact) mass is 333 g/mol. The molecule has 0 aromatic heterocycles. The number of para-hydroxylation sites is 1. The van der Waals surface area contributed by atoms with Crippen LogP contribution in [-0.4, -0.2) is 13.2 Å². The first-order chi connectivity index (χ1) is 9.58. The zero-order valence-corrected chi connectivity index (χ0v) is 13.8. The van der Waals surface area contributed by atoms with Crippen molar-refractivity contribution in [3.63, 3.8) is 0 Å². The molecule has 0 radical (unpaired) electrons. The summed E-state index contributed by atoms with van der Waals surface area (Å²) < 4.78 is 6.96. The fourth-order valence-corrected chi connectivity index (χ4v) is 2.34. The van der Waals surface area contributed by atoms with Gasteiger partial charge in [-0.3, -0.25) is 0 Å². The van der Waals surface area contributed by atoms with Gasteiger partial charge in [-0.05, 0) is 55.7 Å². The minimum atomic E-state index is 0.648. The van der Waals surface area contributed by atoms with Crippen molar-refractivity contribution in [3.8, 4) is 5.75 Å². The Hall–Kier alpha value is -1.48. The molecule has 0 heterocycles. The molecule has 106 valence electrons. The Bertz CT molecular complexity index is 572. The van der Waals surface area contributed by atoms with Crippen LogP contribution in [0.5, 0.6) is 5.75 Å². The van der Waals surface area contributed by atoms with Gasteiger partial charge in [0.15, 0.2) is 0 Å². The predicted molar refractivity (Wildman–Crippen MR) is 88.8 cm³/mol. The topological polar surface area (TPSA) is 21.3 Å². The summed E-state index contributed by atoms with van der Waals surface area (Å²) in [5.41, 5.74) is 4.82. The number of nitrogens with one attached hydrogen (secondary N) is 1. The van der Waals surface area contributed by atoms with E-state index in [4.69, 9.17) is 4.74 Å². The Morgan fingerprint density at radius 1 is 1.00 bits per heavy atom. The van der Waals surface area contributed by atoms with Gasteiger partial charge in [0.05, 0.1) is 0 Å². The van der Waals surface area contributed by atoms with Crippen LogP contribution in [0.4, 0.5) is 5.69 Å². The number of rotatable bonds is 5. The number of hydrogen-bond donors (Lipinski definition) is 1. The van der Waals surface area contributed by atoms with Crippen molar-refractivity contribution in [2.24, 2.45) is 0 Å². The van der Waals surface area contributed by atoms with Gasteiger partial charge >= 0.3 is 0 Å². The fourth-order valence-electron chi connectivity index (χ4n) is 2.12. The van der Waals surface area contributed by atoms with Gasteiger partial charge in [0.25, 0.3) is 0 Å². The third-order valence-electron chi connectivity index (χ3n) is 3.24. The molecule has 0 aliphatic rings. The van der Waals surface area contributed by atoms with E-state index in [1.807, 2.05) is 12.1 Å². The third-order valence-corrected chi connectivity index (χ3v) is 4.49. The number of ether oxygens (including phenoxy) is 1. The molecule has 0 saturated carbocycles. The van der Waals surface area contributed by atoms with Crippen molar-refractivity contribution in [2.45, 2.75) is 20.8 Å². The maximum absolute atomic E-state index is 5.80. The lowest BCUT2D eigenvalue weighted by Crippen LogP contribution is -2.12. The molecule has 2 aromatic rings. The Morgan fingerprint density at radius 3 is 2.30 bits per heavy atom. The summed E-state index contributed by atoms with van der Waals surface area (Å²) >= 11 is 3.57. The van der Waals surface area contributed by atoms with Gasteiger partial charge in [0.2, 0.25) is 0 Å².